The van der Waals surface area contributed by atoms with E-state index in [0.29, 0.717) is 12.7 Å². The first-order chi connectivity index (χ1) is 22.9. The second-order valence-electron chi connectivity index (χ2n) is 14.9. The summed E-state index contributed by atoms with van der Waals surface area (Å²) in [7, 11) is 0. The van der Waals surface area contributed by atoms with Gasteiger partial charge in [0.25, 0.3) is 0 Å². The summed E-state index contributed by atoms with van der Waals surface area (Å²) in [5.74, 6) is 0. The summed E-state index contributed by atoms with van der Waals surface area (Å²) >= 11 is 0. The molecule has 1 N–H and O–H groups in total. The van der Waals surface area contributed by atoms with Crippen LogP contribution in [0.1, 0.15) is 219 Å². The Bertz CT molecular complexity index is 543. The minimum Gasteiger partial charge on any atom is -0.395 e. The van der Waals surface area contributed by atoms with E-state index in [2.05, 4.69) is 11.8 Å². The van der Waals surface area contributed by atoms with Crippen molar-refractivity contribution in [1.82, 2.24) is 4.90 Å². The molecule has 1 rings (SSSR count). The van der Waals surface area contributed by atoms with Gasteiger partial charge in [-0.05, 0) is 58.0 Å². The van der Waals surface area contributed by atoms with Gasteiger partial charge < -0.3 is 19.5 Å². The minimum atomic E-state index is 0.292. The van der Waals surface area contributed by atoms with Crippen LogP contribution in [0.2, 0.25) is 0 Å². The Labute approximate surface area is 289 Å². The van der Waals surface area contributed by atoms with Gasteiger partial charge in [0, 0.05) is 26.4 Å². The zero-order chi connectivity index (χ0) is 32.9. The van der Waals surface area contributed by atoms with Crippen LogP contribution in [0.5, 0.6) is 0 Å². The van der Waals surface area contributed by atoms with Crippen LogP contribution in [0.4, 0.5) is 0 Å². The largest absolute Gasteiger partial charge is 0.395 e. The third-order valence-corrected chi connectivity index (χ3v) is 10.3. The Morgan fingerprint density at radius 3 is 1.24 bits per heavy atom. The fourth-order valence-electron chi connectivity index (χ4n) is 7.20. The molecule has 0 aromatic carbocycles. The van der Waals surface area contributed by atoms with Crippen molar-refractivity contribution in [2.45, 2.75) is 225 Å². The second-order valence-corrected chi connectivity index (χ2v) is 14.9. The molecular weight excluding hydrogens is 566 g/mol. The van der Waals surface area contributed by atoms with E-state index in [1.165, 1.54) is 212 Å². The third-order valence-electron chi connectivity index (χ3n) is 10.3. The van der Waals surface area contributed by atoms with Gasteiger partial charge in [-0.25, -0.2) is 0 Å². The fraction of sp³-hybridized carbons (Fsp3) is 1.00. The van der Waals surface area contributed by atoms with Crippen LogP contribution in [-0.2, 0) is 9.47 Å². The van der Waals surface area contributed by atoms with E-state index < -0.39 is 0 Å². The Morgan fingerprint density at radius 1 is 0.435 bits per heavy atom. The lowest BCUT2D eigenvalue weighted by Crippen LogP contribution is -2.29. The number of aliphatic hydroxyl groups is 1. The molecule has 1 saturated carbocycles. The standard InChI is InChI=1S/C42H85NO3/c1-2-3-4-5-16-23-30-39-45-40-31-24-17-14-21-28-35-43(37-38-44)36-29-22-15-18-25-32-41-46-42-33-26-19-12-10-8-6-7-9-11-13-20-27-34-42/h42,44H,2-41H2,1H3. The molecule has 1 aliphatic carbocycles. The van der Waals surface area contributed by atoms with Gasteiger partial charge in [0.1, 0.15) is 0 Å². The van der Waals surface area contributed by atoms with Gasteiger partial charge in [0.15, 0.2) is 0 Å². The molecule has 0 heterocycles. The molecule has 0 aromatic heterocycles. The molecule has 4 nitrogen and oxygen atoms in total. The number of aliphatic hydroxyl groups excluding tert-OH is 1. The van der Waals surface area contributed by atoms with Gasteiger partial charge in [-0.3, -0.25) is 0 Å². The number of nitrogens with zero attached hydrogens (tertiary/aromatic N) is 1. The smallest absolute Gasteiger partial charge is 0.0575 e. The molecule has 4 heteroatoms. The Kier molecular flexibility index (Phi) is 35.9. The average molecular weight is 652 g/mol. The van der Waals surface area contributed by atoms with Crippen molar-refractivity contribution in [2.24, 2.45) is 0 Å². The Morgan fingerprint density at radius 2 is 0.804 bits per heavy atom. The van der Waals surface area contributed by atoms with E-state index in [1.807, 2.05) is 0 Å². The van der Waals surface area contributed by atoms with Gasteiger partial charge >= 0.3 is 0 Å². The number of hydrogen-bond acceptors (Lipinski definition) is 4. The molecule has 0 unspecified atom stereocenters. The summed E-state index contributed by atoms with van der Waals surface area (Å²) in [6.07, 6.45) is 45.4. The molecule has 0 radical (unpaired) electrons. The molecule has 46 heavy (non-hydrogen) atoms. The number of unbranched alkanes of at least 4 members (excludes halogenated alkanes) is 16. The predicted octanol–water partition coefficient (Wildman–Crippen LogP) is 12.6. The molecule has 0 spiro atoms. The lowest BCUT2D eigenvalue weighted by Gasteiger charge is -2.21. The summed E-state index contributed by atoms with van der Waals surface area (Å²) in [5, 5.41) is 9.53. The maximum atomic E-state index is 9.53. The maximum absolute atomic E-state index is 9.53. The normalized spacial score (nSPS) is 16.5. The van der Waals surface area contributed by atoms with Crippen molar-refractivity contribution in [3.05, 3.63) is 0 Å². The van der Waals surface area contributed by atoms with E-state index in [9.17, 15) is 5.11 Å². The third kappa shape index (κ3) is 32.4. The summed E-state index contributed by atoms with van der Waals surface area (Å²) in [6.45, 7) is 8.61. The van der Waals surface area contributed by atoms with E-state index >= 15 is 0 Å². The lowest BCUT2D eigenvalue weighted by atomic mass is 10.0. The zero-order valence-electron chi connectivity index (χ0n) is 31.6. The summed E-state index contributed by atoms with van der Waals surface area (Å²) in [6, 6.07) is 0. The van der Waals surface area contributed by atoms with Crippen molar-refractivity contribution in [3.8, 4) is 0 Å². The van der Waals surface area contributed by atoms with Gasteiger partial charge in [-0.1, -0.05) is 174 Å². The van der Waals surface area contributed by atoms with Gasteiger partial charge in [0.2, 0.25) is 0 Å². The van der Waals surface area contributed by atoms with Crippen molar-refractivity contribution < 1.29 is 14.6 Å². The van der Waals surface area contributed by atoms with E-state index in [4.69, 9.17) is 9.47 Å². The quantitative estimate of drug-likeness (QED) is 0.0817. The monoisotopic (exact) mass is 652 g/mol. The average Bonchev–Trinajstić information content (AvgIpc) is 3.07. The lowest BCUT2D eigenvalue weighted by molar-refractivity contribution is 0.0357. The van der Waals surface area contributed by atoms with Crippen molar-refractivity contribution in [1.29, 1.82) is 0 Å². The number of rotatable bonds is 29. The molecular formula is C42H85NO3. The molecule has 0 amide bonds. The van der Waals surface area contributed by atoms with Crippen LogP contribution in [0.25, 0.3) is 0 Å². The maximum Gasteiger partial charge on any atom is 0.0575 e. The molecule has 0 bridgehead atoms. The van der Waals surface area contributed by atoms with E-state index in [0.717, 1.165) is 39.5 Å². The SMILES string of the molecule is CCCCCCCCCOCCCCCCCCN(CCO)CCCCCCCCOC1CCCCCCCCCCCCCC1. The first-order valence-electron chi connectivity index (χ1n) is 21.4. The summed E-state index contributed by atoms with van der Waals surface area (Å²) in [5.41, 5.74) is 0. The first kappa shape index (κ1) is 43.9. The van der Waals surface area contributed by atoms with Gasteiger partial charge in [-0.2, -0.15) is 0 Å². The van der Waals surface area contributed by atoms with Crippen LogP contribution in [0, 0.1) is 0 Å². The predicted molar refractivity (Wildman–Crippen MR) is 202 cm³/mol. The Hall–Kier alpha value is -0.160. The van der Waals surface area contributed by atoms with Gasteiger partial charge in [-0.15, -0.1) is 0 Å². The molecule has 1 aliphatic rings. The fourth-order valence-corrected chi connectivity index (χ4v) is 7.20. The van der Waals surface area contributed by atoms with E-state index in [1.54, 1.807) is 0 Å². The highest BCUT2D eigenvalue weighted by Crippen LogP contribution is 2.19. The summed E-state index contributed by atoms with van der Waals surface area (Å²) < 4.78 is 12.3. The van der Waals surface area contributed by atoms with Crippen molar-refractivity contribution >= 4 is 0 Å². The molecule has 0 saturated heterocycles. The number of ether oxygens (including phenoxy) is 2. The van der Waals surface area contributed by atoms with Crippen LogP contribution < -0.4 is 0 Å². The number of hydrogen-bond donors (Lipinski definition) is 1. The van der Waals surface area contributed by atoms with Crippen LogP contribution in [0.3, 0.4) is 0 Å². The van der Waals surface area contributed by atoms with Gasteiger partial charge in [0.05, 0.1) is 12.7 Å². The van der Waals surface area contributed by atoms with Crippen molar-refractivity contribution in [3.63, 3.8) is 0 Å². The second kappa shape index (κ2) is 37.7. The molecule has 276 valence electrons. The Balaban J connectivity index is 1.93. The first-order valence-corrected chi connectivity index (χ1v) is 21.4. The van der Waals surface area contributed by atoms with Crippen LogP contribution >= 0.6 is 0 Å². The highest BCUT2D eigenvalue weighted by atomic mass is 16.5. The topological polar surface area (TPSA) is 41.9 Å². The highest BCUT2D eigenvalue weighted by molar-refractivity contribution is 4.62. The van der Waals surface area contributed by atoms with Crippen LogP contribution in [0.15, 0.2) is 0 Å². The molecule has 0 aromatic rings. The highest BCUT2D eigenvalue weighted by Gasteiger charge is 2.10. The van der Waals surface area contributed by atoms with E-state index in [-0.39, 0.29) is 0 Å². The molecule has 0 aliphatic heterocycles. The summed E-state index contributed by atoms with van der Waals surface area (Å²) in [4.78, 5) is 2.50. The zero-order valence-corrected chi connectivity index (χ0v) is 31.6. The molecule has 0 atom stereocenters. The minimum absolute atomic E-state index is 0.292. The molecule has 1 fully saturated rings. The van der Waals surface area contributed by atoms with Crippen LogP contribution in [-0.4, -0.2) is 62.2 Å². The van der Waals surface area contributed by atoms with Crippen molar-refractivity contribution in [2.75, 3.05) is 46.1 Å².